The molecule has 0 spiro atoms. The van der Waals surface area contributed by atoms with E-state index in [0.29, 0.717) is 17.8 Å². The lowest BCUT2D eigenvalue weighted by Crippen LogP contribution is -2.32. The maximum atomic E-state index is 11.3. The molecule has 0 bridgehead atoms. The van der Waals surface area contributed by atoms with Crippen molar-refractivity contribution in [3.8, 4) is 11.8 Å². The van der Waals surface area contributed by atoms with Gasteiger partial charge in [0.2, 0.25) is 0 Å². The van der Waals surface area contributed by atoms with Gasteiger partial charge < -0.3 is 10.1 Å². The summed E-state index contributed by atoms with van der Waals surface area (Å²) in [6.45, 7) is 5.85. The highest BCUT2D eigenvalue weighted by Crippen LogP contribution is 2.12. The first kappa shape index (κ1) is 15.3. The minimum absolute atomic E-state index is 0.419. The van der Waals surface area contributed by atoms with Crippen LogP contribution in [0.15, 0.2) is 11.4 Å². The molecule has 1 heterocycles. The van der Waals surface area contributed by atoms with Crippen molar-refractivity contribution in [3.05, 3.63) is 21.9 Å². The van der Waals surface area contributed by atoms with Crippen molar-refractivity contribution in [2.75, 3.05) is 6.54 Å². The topological polar surface area (TPSA) is 55.4 Å². The number of rotatable bonds is 3. The summed E-state index contributed by atoms with van der Waals surface area (Å²) >= 11 is 1.36. The quantitative estimate of drug-likeness (QED) is 0.526. The average molecular weight is 279 g/mol. The van der Waals surface area contributed by atoms with E-state index in [1.54, 1.807) is 0 Å². The molecular formula is C14H17NO3S. The first-order chi connectivity index (χ1) is 8.92. The molecule has 1 amide bonds. The van der Waals surface area contributed by atoms with Crippen molar-refractivity contribution in [2.45, 2.75) is 32.8 Å². The van der Waals surface area contributed by atoms with E-state index in [-0.39, 0.29) is 0 Å². The van der Waals surface area contributed by atoms with Gasteiger partial charge in [-0.2, -0.15) is 0 Å². The van der Waals surface area contributed by atoms with E-state index in [2.05, 4.69) is 17.2 Å². The summed E-state index contributed by atoms with van der Waals surface area (Å²) < 4.78 is 5.08. The smallest absolute Gasteiger partial charge is 0.407 e. The van der Waals surface area contributed by atoms with E-state index in [1.807, 2.05) is 32.2 Å². The number of carbonyl (C=O) groups is 2. The number of ether oxygens (including phenoxy) is 1. The highest BCUT2D eigenvalue weighted by atomic mass is 32.1. The van der Waals surface area contributed by atoms with Gasteiger partial charge in [-0.3, -0.25) is 4.79 Å². The normalized spacial score (nSPS) is 10.3. The lowest BCUT2D eigenvalue weighted by molar-refractivity contribution is 0.0529. The molecule has 0 aromatic carbocycles. The van der Waals surface area contributed by atoms with Crippen LogP contribution in [0.4, 0.5) is 4.79 Å². The average Bonchev–Trinajstić information content (AvgIpc) is 2.73. The van der Waals surface area contributed by atoms with Crippen LogP contribution in [0.1, 0.15) is 42.4 Å². The second-order valence-electron chi connectivity index (χ2n) is 4.80. The summed E-state index contributed by atoms with van der Waals surface area (Å²) in [5.74, 6) is 5.81. The fraction of sp³-hybridized carbons (Fsp3) is 0.429. The summed E-state index contributed by atoms with van der Waals surface area (Å²) in [5, 5.41) is 4.44. The first-order valence-electron chi connectivity index (χ1n) is 5.91. The van der Waals surface area contributed by atoms with Gasteiger partial charge in [0.05, 0.1) is 4.88 Å². The van der Waals surface area contributed by atoms with Gasteiger partial charge in [0.25, 0.3) is 0 Å². The summed E-state index contributed by atoms with van der Waals surface area (Å²) in [5.41, 5.74) is 0.239. The number of amides is 1. The number of thiophene rings is 1. The zero-order valence-electron chi connectivity index (χ0n) is 11.3. The van der Waals surface area contributed by atoms with E-state index in [4.69, 9.17) is 4.74 Å². The van der Waals surface area contributed by atoms with E-state index >= 15 is 0 Å². The predicted octanol–water partition coefficient (Wildman–Crippen LogP) is 2.83. The van der Waals surface area contributed by atoms with Crippen molar-refractivity contribution in [1.82, 2.24) is 5.32 Å². The van der Waals surface area contributed by atoms with Crippen molar-refractivity contribution >= 4 is 23.7 Å². The molecule has 1 aromatic heterocycles. The van der Waals surface area contributed by atoms with Crippen LogP contribution in [0.5, 0.6) is 0 Å². The molecule has 19 heavy (non-hydrogen) atoms. The van der Waals surface area contributed by atoms with E-state index in [1.165, 1.54) is 11.3 Å². The summed E-state index contributed by atoms with van der Waals surface area (Å²) in [6.07, 6.45) is 0.861. The number of aldehydes is 1. The predicted molar refractivity (Wildman–Crippen MR) is 75.4 cm³/mol. The van der Waals surface area contributed by atoms with Gasteiger partial charge >= 0.3 is 6.09 Å². The van der Waals surface area contributed by atoms with Gasteiger partial charge in [0.15, 0.2) is 6.29 Å². The molecule has 1 aromatic rings. The maximum absolute atomic E-state index is 11.3. The first-order valence-corrected chi connectivity index (χ1v) is 6.79. The molecule has 0 aliphatic heterocycles. The molecule has 0 aliphatic rings. The number of carbonyl (C=O) groups excluding carboxylic acids is 2. The third-order valence-electron chi connectivity index (χ3n) is 1.94. The third kappa shape index (κ3) is 6.07. The lowest BCUT2D eigenvalue weighted by atomic mass is 10.2. The monoisotopic (exact) mass is 279 g/mol. The van der Waals surface area contributed by atoms with Crippen molar-refractivity contribution in [3.63, 3.8) is 0 Å². The van der Waals surface area contributed by atoms with E-state index < -0.39 is 11.7 Å². The zero-order chi connectivity index (χ0) is 14.3. The number of alkyl carbamates (subject to hydrolysis) is 1. The molecular weight excluding hydrogens is 262 g/mol. The fourth-order valence-electron chi connectivity index (χ4n) is 1.21. The fourth-order valence-corrected chi connectivity index (χ4v) is 1.87. The number of hydrogen-bond acceptors (Lipinski definition) is 4. The molecule has 0 saturated heterocycles. The number of nitrogens with one attached hydrogen (secondary N) is 1. The van der Waals surface area contributed by atoms with Gasteiger partial charge in [0, 0.05) is 18.5 Å². The highest BCUT2D eigenvalue weighted by molar-refractivity contribution is 7.11. The van der Waals surface area contributed by atoms with Crippen molar-refractivity contribution in [1.29, 1.82) is 0 Å². The van der Waals surface area contributed by atoms with Crippen LogP contribution in [0.3, 0.4) is 0 Å². The largest absolute Gasteiger partial charge is 0.444 e. The van der Waals surface area contributed by atoms with Gasteiger partial charge in [0.1, 0.15) is 5.60 Å². The Labute approximate surface area is 117 Å². The van der Waals surface area contributed by atoms with Crippen molar-refractivity contribution < 1.29 is 14.3 Å². The zero-order valence-corrected chi connectivity index (χ0v) is 12.1. The molecule has 0 atom stereocenters. The van der Waals surface area contributed by atoms with Gasteiger partial charge in [-0.1, -0.05) is 11.8 Å². The molecule has 0 saturated carbocycles. The Hall–Kier alpha value is -1.80. The van der Waals surface area contributed by atoms with Crippen LogP contribution >= 0.6 is 11.3 Å². The van der Waals surface area contributed by atoms with Gasteiger partial charge in [-0.25, -0.2) is 4.79 Å². The standard InChI is InChI=1S/C14H17NO3S/c1-14(2,3)18-13(17)15-8-5-4-6-11-7-9-19-12(11)10-16/h7,9-10H,5,8H2,1-3H3,(H,15,17). The Kier molecular flexibility index (Phi) is 5.58. The minimum Gasteiger partial charge on any atom is -0.444 e. The van der Waals surface area contributed by atoms with Gasteiger partial charge in [-0.15, -0.1) is 11.3 Å². The molecule has 0 fully saturated rings. The SMILES string of the molecule is CC(C)(C)OC(=O)NCCC#Cc1ccsc1C=O. The number of hydrogen-bond donors (Lipinski definition) is 1. The van der Waals surface area contributed by atoms with Crippen LogP contribution in [-0.2, 0) is 4.74 Å². The molecule has 5 heteroatoms. The van der Waals surface area contributed by atoms with Crippen LogP contribution < -0.4 is 5.32 Å². The second kappa shape index (κ2) is 6.95. The highest BCUT2D eigenvalue weighted by Gasteiger charge is 2.15. The lowest BCUT2D eigenvalue weighted by Gasteiger charge is -2.19. The van der Waals surface area contributed by atoms with Crippen LogP contribution in [0.2, 0.25) is 0 Å². The molecule has 102 valence electrons. The third-order valence-corrected chi connectivity index (χ3v) is 2.79. The molecule has 0 aliphatic carbocycles. The Morgan fingerprint density at radius 3 is 2.89 bits per heavy atom. The Balaban J connectivity index is 2.32. The van der Waals surface area contributed by atoms with E-state index in [9.17, 15) is 9.59 Å². The van der Waals surface area contributed by atoms with Crippen LogP contribution in [0, 0.1) is 11.8 Å². The van der Waals surface area contributed by atoms with E-state index in [0.717, 1.165) is 11.8 Å². The van der Waals surface area contributed by atoms with Gasteiger partial charge in [-0.05, 0) is 32.2 Å². The summed E-state index contributed by atoms with van der Waals surface area (Å²) in [6, 6.07) is 1.81. The van der Waals surface area contributed by atoms with Crippen LogP contribution in [-0.4, -0.2) is 24.5 Å². The molecule has 1 rings (SSSR count). The summed E-state index contributed by atoms with van der Waals surface area (Å²) in [4.78, 5) is 22.6. The maximum Gasteiger partial charge on any atom is 0.407 e. The Morgan fingerprint density at radius 2 is 2.26 bits per heavy atom. The van der Waals surface area contributed by atoms with Crippen molar-refractivity contribution in [2.24, 2.45) is 0 Å². The Bertz CT molecular complexity index is 503. The minimum atomic E-state index is -0.495. The Morgan fingerprint density at radius 1 is 1.53 bits per heavy atom. The molecule has 4 nitrogen and oxygen atoms in total. The second-order valence-corrected chi connectivity index (χ2v) is 5.74. The molecule has 0 radical (unpaired) electrons. The molecule has 1 N–H and O–H groups in total. The molecule has 0 unspecified atom stereocenters. The van der Waals surface area contributed by atoms with Crippen LogP contribution in [0.25, 0.3) is 0 Å². The summed E-state index contributed by atoms with van der Waals surface area (Å²) in [7, 11) is 0.